The molecule has 0 radical (unpaired) electrons. The molecule has 2 aromatic rings. The molecule has 1 amide bonds. The minimum Gasteiger partial charge on any atom is -0.443 e. The van der Waals surface area contributed by atoms with Gasteiger partial charge in [0.15, 0.2) is 17.8 Å². The first-order valence-electron chi connectivity index (χ1n) is 7.92. The number of likely N-dealkylation sites (N-methyl/N-ethyl adjacent to an activating group) is 1. The van der Waals surface area contributed by atoms with Crippen LogP contribution in [0.15, 0.2) is 41.1 Å². The third-order valence-corrected chi connectivity index (χ3v) is 4.13. The number of nitrogens with one attached hydrogen (secondary N) is 1. The second-order valence-corrected chi connectivity index (χ2v) is 5.80. The van der Waals surface area contributed by atoms with Crippen molar-refractivity contribution in [3.05, 3.63) is 42.4 Å². The Labute approximate surface area is 136 Å². The minimum absolute atomic E-state index is 0.188. The van der Waals surface area contributed by atoms with Gasteiger partial charge in [0, 0.05) is 44.8 Å². The lowest BCUT2D eigenvalue weighted by atomic mass is 10.1. The summed E-state index contributed by atoms with van der Waals surface area (Å²) in [5.74, 6) is 0.328. The van der Waals surface area contributed by atoms with Crippen LogP contribution in [-0.4, -0.2) is 67.0 Å². The zero-order chi connectivity index (χ0) is 16.1. The van der Waals surface area contributed by atoms with Crippen LogP contribution in [0.5, 0.6) is 0 Å². The molecule has 0 saturated carbocycles. The molecular formula is C17H22N4O2. The van der Waals surface area contributed by atoms with E-state index >= 15 is 0 Å². The van der Waals surface area contributed by atoms with Crippen LogP contribution in [0.1, 0.15) is 10.5 Å². The number of rotatable bonds is 5. The van der Waals surface area contributed by atoms with Crippen LogP contribution in [0, 0.1) is 0 Å². The number of carbonyl (C=O) groups is 1. The number of nitrogens with zero attached hydrogens (tertiary/aromatic N) is 3. The molecule has 6 heteroatoms. The summed E-state index contributed by atoms with van der Waals surface area (Å²) in [5.41, 5.74) is 1.20. The summed E-state index contributed by atoms with van der Waals surface area (Å²) in [6.07, 6.45) is 1.32. The van der Waals surface area contributed by atoms with Crippen molar-refractivity contribution in [2.45, 2.75) is 0 Å². The Morgan fingerprint density at radius 3 is 2.70 bits per heavy atom. The van der Waals surface area contributed by atoms with E-state index in [9.17, 15) is 4.79 Å². The van der Waals surface area contributed by atoms with Crippen molar-refractivity contribution in [3.63, 3.8) is 0 Å². The molecule has 1 aromatic carbocycles. The van der Waals surface area contributed by atoms with Gasteiger partial charge >= 0.3 is 0 Å². The fourth-order valence-electron chi connectivity index (χ4n) is 2.68. The maximum absolute atomic E-state index is 12.3. The SMILES string of the molecule is CN1CCN(CCNC(=O)c2ncoc2-c2ccccc2)CC1. The molecule has 2 heterocycles. The van der Waals surface area contributed by atoms with Crippen LogP contribution in [0.3, 0.4) is 0 Å². The van der Waals surface area contributed by atoms with Crippen molar-refractivity contribution in [2.24, 2.45) is 0 Å². The molecule has 1 saturated heterocycles. The number of aromatic nitrogens is 1. The second kappa shape index (κ2) is 7.39. The Hall–Kier alpha value is -2.18. The Morgan fingerprint density at radius 2 is 1.96 bits per heavy atom. The van der Waals surface area contributed by atoms with Crippen LogP contribution >= 0.6 is 0 Å². The van der Waals surface area contributed by atoms with Crippen LogP contribution < -0.4 is 5.32 Å². The highest BCUT2D eigenvalue weighted by molar-refractivity contribution is 5.97. The first kappa shape index (κ1) is 15.7. The molecule has 3 rings (SSSR count). The highest BCUT2D eigenvalue weighted by Gasteiger charge is 2.18. The van der Waals surface area contributed by atoms with E-state index in [0.717, 1.165) is 38.3 Å². The van der Waals surface area contributed by atoms with Crippen molar-refractivity contribution in [1.82, 2.24) is 20.1 Å². The fraction of sp³-hybridized carbons (Fsp3) is 0.412. The molecule has 1 aromatic heterocycles. The molecule has 0 aliphatic carbocycles. The van der Waals surface area contributed by atoms with E-state index in [-0.39, 0.29) is 5.91 Å². The maximum Gasteiger partial charge on any atom is 0.273 e. The van der Waals surface area contributed by atoms with Gasteiger partial charge in [-0.05, 0) is 7.05 Å². The third kappa shape index (κ3) is 3.97. The van der Waals surface area contributed by atoms with Crippen molar-refractivity contribution in [1.29, 1.82) is 0 Å². The first-order valence-corrected chi connectivity index (χ1v) is 7.92. The maximum atomic E-state index is 12.3. The molecule has 1 N–H and O–H groups in total. The van der Waals surface area contributed by atoms with Crippen molar-refractivity contribution < 1.29 is 9.21 Å². The summed E-state index contributed by atoms with van der Waals surface area (Å²) in [4.78, 5) is 21.1. The van der Waals surface area contributed by atoms with Gasteiger partial charge in [-0.3, -0.25) is 9.69 Å². The van der Waals surface area contributed by atoms with Gasteiger partial charge in [-0.15, -0.1) is 0 Å². The summed E-state index contributed by atoms with van der Waals surface area (Å²) in [5, 5.41) is 2.94. The van der Waals surface area contributed by atoms with Gasteiger partial charge in [-0.25, -0.2) is 4.98 Å². The quantitative estimate of drug-likeness (QED) is 0.902. The molecule has 1 aliphatic rings. The number of hydrogen-bond acceptors (Lipinski definition) is 5. The lowest BCUT2D eigenvalue weighted by Gasteiger charge is -2.32. The number of carbonyl (C=O) groups excluding carboxylic acids is 1. The zero-order valence-electron chi connectivity index (χ0n) is 13.4. The van der Waals surface area contributed by atoms with Gasteiger partial charge in [-0.1, -0.05) is 30.3 Å². The van der Waals surface area contributed by atoms with Gasteiger partial charge < -0.3 is 14.6 Å². The molecule has 1 aliphatic heterocycles. The standard InChI is InChI=1S/C17H22N4O2/c1-20-9-11-21(12-10-20)8-7-18-17(22)15-16(23-13-19-15)14-5-3-2-4-6-14/h2-6,13H,7-12H2,1H3,(H,18,22). The number of amides is 1. The van der Waals surface area contributed by atoms with Crippen molar-refractivity contribution in [3.8, 4) is 11.3 Å². The van der Waals surface area contributed by atoms with Crippen LogP contribution in [0.25, 0.3) is 11.3 Å². The van der Waals surface area contributed by atoms with E-state index in [1.165, 1.54) is 6.39 Å². The normalized spacial score (nSPS) is 16.4. The van der Waals surface area contributed by atoms with E-state index < -0.39 is 0 Å². The Balaban J connectivity index is 1.54. The number of oxazole rings is 1. The molecule has 23 heavy (non-hydrogen) atoms. The Kier molecular flexibility index (Phi) is 5.05. The van der Waals surface area contributed by atoms with E-state index in [0.29, 0.717) is 18.0 Å². The number of piperazine rings is 1. The zero-order valence-corrected chi connectivity index (χ0v) is 13.4. The first-order chi connectivity index (χ1) is 11.2. The topological polar surface area (TPSA) is 61.6 Å². The molecule has 122 valence electrons. The Morgan fingerprint density at radius 1 is 1.22 bits per heavy atom. The third-order valence-electron chi connectivity index (χ3n) is 4.13. The predicted molar refractivity (Wildman–Crippen MR) is 88.2 cm³/mol. The van der Waals surface area contributed by atoms with Crippen molar-refractivity contribution in [2.75, 3.05) is 46.3 Å². The van der Waals surface area contributed by atoms with Gasteiger partial charge in [0.1, 0.15) is 0 Å². The van der Waals surface area contributed by atoms with Crippen LogP contribution in [0.4, 0.5) is 0 Å². The predicted octanol–water partition coefficient (Wildman–Crippen LogP) is 1.32. The van der Waals surface area contributed by atoms with Gasteiger partial charge in [0.25, 0.3) is 5.91 Å². The average molecular weight is 314 g/mol. The summed E-state index contributed by atoms with van der Waals surface area (Å²) < 4.78 is 5.39. The molecule has 0 atom stereocenters. The second-order valence-electron chi connectivity index (χ2n) is 5.80. The molecule has 6 nitrogen and oxygen atoms in total. The monoisotopic (exact) mass is 314 g/mol. The molecular weight excluding hydrogens is 292 g/mol. The van der Waals surface area contributed by atoms with Gasteiger partial charge in [0.05, 0.1) is 0 Å². The lowest BCUT2D eigenvalue weighted by Crippen LogP contribution is -2.46. The molecule has 0 bridgehead atoms. The Bertz CT molecular complexity index is 633. The average Bonchev–Trinajstić information content (AvgIpc) is 3.07. The highest BCUT2D eigenvalue weighted by atomic mass is 16.3. The summed E-state index contributed by atoms with van der Waals surface area (Å²) >= 11 is 0. The van der Waals surface area contributed by atoms with E-state index in [1.807, 2.05) is 30.3 Å². The van der Waals surface area contributed by atoms with Crippen LogP contribution in [0.2, 0.25) is 0 Å². The van der Waals surface area contributed by atoms with Crippen molar-refractivity contribution >= 4 is 5.91 Å². The summed E-state index contributed by atoms with van der Waals surface area (Å²) in [6.45, 7) is 5.73. The van der Waals surface area contributed by atoms with E-state index in [1.54, 1.807) is 0 Å². The number of benzene rings is 1. The lowest BCUT2D eigenvalue weighted by molar-refractivity contribution is 0.0937. The van der Waals surface area contributed by atoms with Crippen LogP contribution in [-0.2, 0) is 0 Å². The largest absolute Gasteiger partial charge is 0.443 e. The highest BCUT2D eigenvalue weighted by Crippen LogP contribution is 2.22. The smallest absolute Gasteiger partial charge is 0.273 e. The summed E-state index contributed by atoms with van der Waals surface area (Å²) in [6, 6.07) is 9.55. The fourth-order valence-corrected chi connectivity index (χ4v) is 2.68. The van der Waals surface area contributed by atoms with Gasteiger partial charge in [0.2, 0.25) is 0 Å². The van der Waals surface area contributed by atoms with E-state index in [2.05, 4.69) is 27.1 Å². The minimum atomic E-state index is -0.188. The van der Waals surface area contributed by atoms with Gasteiger partial charge in [-0.2, -0.15) is 0 Å². The van der Waals surface area contributed by atoms with E-state index in [4.69, 9.17) is 4.42 Å². The summed E-state index contributed by atoms with van der Waals surface area (Å²) in [7, 11) is 2.13. The number of hydrogen-bond donors (Lipinski definition) is 1. The molecule has 1 fully saturated rings. The molecule has 0 spiro atoms. The molecule has 0 unspecified atom stereocenters.